The molecule has 0 unspecified atom stereocenters. The number of amides is 1. The maximum absolute atomic E-state index is 11.4. The Hall–Kier alpha value is -1.60. The van der Waals surface area contributed by atoms with Crippen molar-refractivity contribution < 1.29 is 9.53 Å². The van der Waals surface area contributed by atoms with Gasteiger partial charge in [-0.2, -0.15) is 0 Å². The van der Waals surface area contributed by atoms with Crippen molar-refractivity contribution in [1.82, 2.24) is 15.3 Å². The van der Waals surface area contributed by atoms with Gasteiger partial charge in [-0.1, -0.05) is 11.6 Å². The third-order valence-electron chi connectivity index (χ3n) is 2.09. The van der Waals surface area contributed by atoms with Crippen LogP contribution in [-0.4, -0.2) is 42.7 Å². The minimum Gasteiger partial charge on any atom is -0.383 e. The van der Waals surface area contributed by atoms with Crippen LogP contribution in [0.5, 0.6) is 0 Å². The molecule has 0 saturated heterocycles. The molecule has 0 bridgehead atoms. The van der Waals surface area contributed by atoms with Gasteiger partial charge in [0.05, 0.1) is 6.61 Å². The van der Waals surface area contributed by atoms with Crippen LogP contribution in [0.4, 0.5) is 11.6 Å². The number of nitrogens with one attached hydrogen (secondary N) is 2. The zero-order valence-electron chi connectivity index (χ0n) is 10.1. The molecule has 1 heterocycles. The van der Waals surface area contributed by atoms with E-state index in [1.54, 1.807) is 7.11 Å². The van der Waals surface area contributed by atoms with Crippen molar-refractivity contribution in [2.45, 2.75) is 6.42 Å². The molecule has 4 N–H and O–H groups in total. The Kier molecular flexibility index (Phi) is 6.16. The highest BCUT2D eigenvalue weighted by atomic mass is 35.5. The number of ether oxygens (including phenoxy) is 1. The number of anilines is 2. The highest BCUT2D eigenvalue weighted by Crippen LogP contribution is 2.22. The number of aromatic nitrogens is 2. The van der Waals surface area contributed by atoms with Crippen LogP contribution in [0.3, 0.4) is 0 Å². The number of carbonyl (C=O) groups excluding carboxylic acids is 1. The summed E-state index contributed by atoms with van der Waals surface area (Å²) in [4.78, 5) is 19.0. The molecule has 100 valence electrons. The lowest BCUT2D eigenvalue weighted by Gasteiger charge is -2.08. The number of nitrogens with two attached hydrogens (primary N) is 1. The Bertz CT molecular complexity index is 402. The zero-order valence-corrected chi connectivity index (χ0v) is 10.8. The van der Waals surface area contributed by atoms with E-state index in [4.69, 9.17) is 22.1 Å². The molecule has 0 saturated carbocycles. The van der Waals surface area contributed by atoms with Crippen molar-refractivity contribution in [3.8, 4) is 0 Å². The molecule has 0 aliphatic carbocycles. The Morgan fingerprint density at radius 2 is 2.28 bits per heavy atom. The third-order valence-corrected chi connectivity index (χ3v) is 2.46. The monoisotopic (exact) mass is 273 g/mol. The minimum absolute atomic E-state index is 0.0716. The predicted molar refractivity (Wildman–Crippen MR) is 69.4 cm³/mol. The number of nitrogens with zero attached hydrogens (tertiary/aromatic N) is 2. The van der Waals surface area contributed by atoms with Crippen LogP contribution in [0.1, 0.15) is 6.42 Å². The first kappa shape index (κ1) is 14.5. The summed E-state index contributed by atoms with van der Waals surface area (Å²) in [6, 6.07) is 0. The second-order valence-electron chi connectivity index (χ2n) is 3.44. The van der Waals surface area contributed by atoms with Gasteiger partial charge in [-0.25, -0.2) is 9.97 Å². The Morgan fingerprint density at radius 3 is 3.00 bits per heavy atom. The molecule has 1 amide bonds. The number of hydrogen-bond donors (Lipinski definition) is 3. The molecule has 0 spiro atoms. The SMILES string of the molecule is COCCNC(=O)CCNc1ncnc(N)c1Cl. The van der Waals surface area contributed by atoms with Gasteiger partial charge in [0.15, 0.2) is 0 Å². The van der Waals surface area contributed by atoms with E-state index in [0.29, 0.717) is 31.9 Å². The van der Waals surface area contributed by atoms with Crippen LogP contribution in [0.25, 0.3) is 0 Å². The van der Waals surface area contributed by atoms with Gasteiger partial charge in [0.2, 0.25) is 5.91 Å². The van der Waals surface area contributed by atoms with Crippen LogP contribution in [0.15, 0.2) is 6.33 Å². The number of halogens is 1. The van der Waals surface area contributed by atoms with Gasteiger partial charge in [0.1, 0.15) is 23.0 Å². The molecule has 0 atom stereocenters. The standard InChI is InChI=1S/C10H16ClN5O2/c1-18-5-4-13-7(17)2-3-14-10-8(11)9(12)15-6-16-10/h6H,2-5H2,1H3,(H,13,17)(H3,12,14,15,16). The highest BCUT2D eigenvalue weighted by molar-refractivity contribution is 6.35. The minimum atomic E-state index is -0.0716. The molecule has 1 rings (SSSR count). The van der Waals surface area contributed by atoms with Crippen molar-refractivity contribution in [2.75, 3.05) is 37.9 Å². The van der Waals surface area contributed by atoms with Crippen LogP contribution in [0.2, 0.25) is 5.02 Å². The van der Waals surface area contributed by atoms with Crippen molar-refractivity contribution in [3.63, 3.8) is 0 Å². The number of methoxy groups -OCH3 is 1. The van der Waals surface area contributed by atoms with Gasteiger partial charge >= 0.3 is 0 Å². The number of rotatable bonds is 7. The molecule has 1 aromatic rings. The average Bonchev–Trinajstić information content (AvgIpc) is 2.35. The first-order valence-electron chi connectivity index (χ1n) is 5.40. The van der Waals surface area contributed by atoms with Crippen molar-refractivity contribution in [1.29, 1.82) is 0 Å². The number of nitrogen functional groups attached to an aromatic ring is 1. The smallest absolute Gasteiger partial charge is 0.221 e. The van der Waals surface area contributed by atoms with Gasteiger partial charge in [-0.3, -0.25) is 4.79 Å². The Morgan fingerprint density at radius 1 is 1.50 bits per heavy atom. The summed E-state index contributed by atoms with van der Waals surface area (Å²) in [7, 11) is 1.58. The topological polar surface area (TPSA) is 102 Å². The van der Waals surface area contributed by atoms with E-state index in [1.807, 2.05) is 0 Å². The Labute approximate surface area is 110 Å². The summed E-state index contributed by atoms with van der Waals surface area (Å²) in [5.41, 5.74) is 5.52. The molecule has 0 radical (unpaired) electrons. The fourth-order valence-electron chi connectivity index (χ4n) is 1.18. The van der Waals surface area contributed by atoms with Gasteiger partial charge < -0.3 is 21.1 Å². The van der Waals surface area contributed by atoms with E-state index < -0.39 is 0 Å². The zero-order chi connectivity index (χ0) is 13.4. The molecule has 0 aliphatic rings. The molecule has 1 aromatic heterocycles. The molecular weight excluding hydrogens is 258 g/mol. The van der Waals surface area contributed by atoms with Gasteiger partial charge in [0, 0.05) is 26.6 Å². The number of hydrogen-bond acceptors (Lipinski definition) is 6. The van der Waals surface area contributed by atoms with Gasteiger partial charge in [0.25, 0.3) is 0 Å². The lowest BCUT2D eigenvalue weighted by atomic mass is 10.4. The van der Waals surface area contributed by atoms with Crippen LogP contribution in [-0.2, 0) is 9.53 Å². The normalized spacial score (nSPS) is 10.1. The van der Waals surface area contributed by atoms with Crippen molar-refractivity contribution >= 4 is 29.1 Å². The average molecular weight is 274 g/mol. The molecule has 8 heteroatoms. The van der Waals surface area contributed by atoms with Crippen molar-refractivity contribution in [2.24, 2.45) is 0 Å². The van der Waals surface area contributed by atoms with E-state index >= 15 is 0 Å². The summed E-state index contributed by atoms with van der Waals surface area (Å²) in [5.74, 6) is 0.560. The fourth-order valence-corrected chi connectivity index (χ4v) is 1.35. The summed E-state index contributed by atoms with van der Waals surface area (Å²) in [6.07, 6.45) is 1.62. The maximum Gasteiger partial charge on any atom is 0.221 e. The van der Waals surface area contributed by atoms with E-state index in [-0.39, 0.29) is 16.7 Å². The van der Waals surface area contributed by atoms with Crippen LogP contribution in [0, 0.1) is 0 Å². The summed E-state index contributed by atoms with van der Waals surface area (Å²) in [6.45, 7) is 1.40. The molecular formula is C10H16ClN5O2. The molecule has 0 fully saturated rings. The summed E-state index contributed by atoms with van der Waals surface area (Å²) < 4.78 is 4.82. The molecule has 18 heavy (non-hydrogen) atoms. The molecule has 0 aliphatic heterocycles. The van der Waals surface area contributed by atoms with Crippen LogP contribution >= 0.6 is 11.6 Å². The van der Waals surface area contributed by atoms with E-state index in [1.165, 1.54) is 6.33 Å². The van der Waals surface area contributed by atoms with Gasteiger partial charge in [-0.05, 0) is 0 Å². The quantitative estimate of drug-likeness (QED) is 0.617. The van der Waals surface area contributed by atoms with E-state index in [0.717, 1.165) is 0 Å². The molecule has 7 nitrogen and oxygen atoms in total. The third kappa shape index (κ3) is 4.72. The second-order valence-corrected chi connectivity index (χ2v) is 3.82. The van der Waals surface area contributed by atoms with Crippen LogP contribution < -0.4 is 16.4 Å². The predicted octanol–water partition coefficient (Wildman–Crippen LogP) is 0.277. The van der Waals surface area contributed by atoms with E-state index in [9.17, 15) is 4.79 Å². The summed E-state index contributed by atoms with van der Waals surface area (Å²) >= 11 is 5.88. The maximum atomic E-state index is 11.4. The molecule has 0 aromatic carbocycles. The number of carbonyl (C=O) groups is 1. The highest BCUT2D eigenvalue weighted by Gasteiger charge is 2.06. The lowest BCUT2D eigenvalue weighted by Crippen LogP contribution is -2.28. The van der Waals surface area contributed by atoms with E-state index in [2.05, 4.69) is 20.6 Å². The van der Waals surface area contributed by atoms with Crippen molar-refractivity contribution in [3.05, 3.63) is 11.3 Å². The summed E-state index contributed by atoms with van der Waals surface area (Å²) in [5, 5.41) is 5.88. The lowest BCUT2D eigenvalue weighted by molar-refractivity contribution is -0.121. The first-order chi connectivity index (χ1) is 8.65. The first-order valence-corrected chi connectivity index (χ1v) is 5.78. The fraction of sp³-hybridized carbons (Fsp3) is 0.500. The Balaban J connectivity index is 2.29. The second kappa shape index (κ2) is 7.67. The largest absolute Gasteiger partial charge is 0.383 e. The van der Waals surface area contributed by atoms with Gasteiger partial charge in [-0.15, -0.1) is 0 Å².